The number of H-pyrrole nitrogens is 1. The molecule has 4 rings (SSSR count). The van der Waals surface area contributed by atoms with E-state index in [1.807, 2.05) is 20.0 Å². The Kier molecular flexibility index (Phi) is 2.89. The maximum absolute atomic E-state index is 4.58. The van der Waals surface area contributed by atoms with Crippen LogP contribution in [0, 0.1) is 6.92 Å². The van der Waals surface area contributed by atoms with Crippen LogP contribution in [0.25, 0.3) is 21.9 Å². The van der Waals surface area contributed by atoms with Crippen LogP contribution in [0.15, 0.2) is 48.5 Å². The molecule has 22 heavy (non-hydrogen) atoms. The van der Waals surface area contributed by atoms with Crippen molar-refractivity contribution in [3.8, 4) is 0 Å². The van der Waals surface area contributed by atoms with Gasteiger partial charge in [-0.15, -0.1) is 0 Å². The van der Waals surface area contributed by atoms with Crippen LogP contribution in [-0.4, -0.2) is 14.5 Å². The first kappa shape index (κ1) is 13.0. The maximum atomic E-state index is 4.58. The van der Waals surface area contributed by atoms with Gasteiger partial charge in [0, 0.05) is 23.9 Å². The van der Waals surface area contributed by atoms with Gasteiger partial charge >= 0.3 is 0 Å². The largest absolute Gasteiger partial charge is 0.379 e. The lowest BCUT2D eigenvalue weighted by atomic mass is 10.2. The summed E-state index contributed by atoms with van der Waals surface area (Å²) in [4.78, 5) is 8.01. The van der Waals surface area contributed by atoms with Crippen LogP contribution in [0.2, 0.25) is 0 Å². The molecule has 0 amide bonds. The van der Waals surface area contributed by atoms with Crippen molar-refractivity contribution >= 4 is 27.6 Å². The Bertz CT molecular complexity index is 929. The van der Waals surface area contributed by atoms with Gasteiger partial charge in [0.05, 0.1) is 17.6 Å². The Labute approximate surface area is 128 Å². The van der Waals surface area contributed by atoms with Crippen molar-refractivity contribution in [3.05, 3.63) is 60.0 Å². The van der Waals surface area contributed by atoms with Gasteiger partial charge in [0.25, 0.3) is 0 Å². The average Bonchev–Trinajstić information content (AvgIpc) is 3.06. The predicted molar refractivity (Wildman–Crippen MR) is 91.1 cm³/mol. The molecule has 0 fully saturated rings. The highest BCUT2D eigenvalue weighted by Crippen LogP contribution is 2.20. The lowest BCUT2D eigenvalue weighted by molar-refractivity contribution is 0.886. The molecule has 4 nitrogen and oxygen atoms in total. The van der Waals surface area contributed by atoms with Gasteiger partial charge in [0.15, 0.2) is 0 Å². The summed E-state index contributed by atoms with van der Waals surface area (Å²) in [7, 11) is 2.04. The Hall–Kier alpha value is -2.75. The number of hydrogen-bond donors (Lipinski definition) is 2. The maximum Gasteiger partial charge on any atom is 0.106 e. The van der Waals surface area contributed by atoms with Gasteiger partial charge in [-0.1, -0.05) is 18.2 Å². The number of nitrogens with one attached hydrogen (secondary N) is 2. The van der Waals surface area contributed by atoms with E-state index < -0.39 is 0 Å². The average molecular weight is 290 g/mol. The van der Waals surface area contributed by atoms with E-state index in [-0.39, 0.29) is 0 Å². The van der Waals surface area contributed by atoms with Crippen LogP contribution in [0.5, 0.6) is 0 Å². The molecule has 0 atom stereocenters. The quantitative estimate of drug-likeness (QED) is 0.599. The summed E-state index contributed by atoms with van der Waals surface area (Å²) < 4.78 is 2.11. The van der Waals surface area contributed by atoms with Gasteiger partial charge in [-0.05, 0) is 42.6 Å². The highest BCUT2D eigenvalue weighted by atomic mass is 15.1. The number of rotatable bonds is 3. The summed E-state index contributed by atoms with van der Waals surface area (Å²) in [5.74, 6) is 1.03. The molecule has 2 N–H and O–H groups in total. The van der Waals surface area contributed by atoms with Crippen molar-refractivity contribution in [2.75, 3.05) is 5.32 Å². The first-order valence-corrected chi connectivity index (χ1v) is 7.44. The highest BCUT2D eigenvalue weighted by Gasteiger charge is 2.05. The van der Waals surface area contributed by atoms with E-state index in [0.717, 1.165) is 29.1 Å². The molecule has 2 aromatic carbocycles. The molecule has 4 aromatic rings. The SMILES string of the molecule is Cc1nc2cc(NCc3cc4ccccc4[nH]3)ccc2n1C. The number of aromatic amines is 1. The Morgan fingerprint density at radius 3 is 2.86 bits per heavy atom. The number of para-hydroxylation sites is 1. The molecule has 2 aromatic heterocycles. The molecule has 0 saturated carbocycles. The summed E-state index contributed by atoms with van der Waals surface area (Å²) in [5, 5.41) is 4.71. The van der Waals surface area contributed by atoms with Crippen LogP contribution in [-0.2, 0) is 13.6 Å². The summed E-state index contributed by atoms with van der Waals surface area (Å²) >= 11 is 0. The van der Waals surface area contributed by atoms with E-state index in [4.69, 9.17) is 0 Å². The molecule has 2 heterocycles. The number of aromatic nitrogens is 3. The molecule has 0 aliphatic rings. The van der Waals surface area contributed by atoms with Crippen LogP contribution < -0.4 is 5.32 Å². The zero-order valence-electron chi connectivity index (χ0n) is 12.7. The zero-order valence-corrected chi connectivity index (χ0v) is 12.7. The van der Waals surface area contributed by atoms with E-state index in [1.54, 1.807) is 0 Å². The van der Waals surface area contributed by atoms with Crippen molar-refractivity contribution < 1.29 is 0 Å². The number of nitrogens with zero attached hydrogens (tertiary/aromatic N) is 2. The van der Waals surface area contributed by atoms with E-state index in [0.29, 0.717) is 0 Å². The Morgan fingerprint density at radius 1 is 1.14 bits per heavy atom. The van der Waals surface area contributed by atoms with Crippen molar-refractivity contribution in [1.29, 1.82) is 0 Å². The number of benzene rings is 2. The van der Waals surface area contributed by atoms with Crippen LogP contribution in [0.4, 0.5) is 5.69 Å². The second-order valence-electron chi connectivity index (χ2n) is 5.66. The van der Waals surface area contributed by atoms with Crippen molar-refractivity contribution in [1.82, 2.24) is 14.5 Å². The third-order valence-corrected chi connectivity index (χ3v) is 4.17. The van der Waals surface area contributed by atoms with E-state index in [2.05, 4.69) is 62.3 Å². The number of aryl methyl sites for hydroxylation is 2. The first-order chi connectivity index (χ1) is 10.7. The lowest BCUT2D eigenvalue weighted by Gasteiger charge is -2.05. The minimum Gasteiger partial charge on any atom is -0.379 e. The first-order valence-electron chi connectivity index (χ1n) is 7.44. The summed E-state index contributed by atoms with van der Waals surface area (Å²) in [6.45, 7) is 2.80. The van der Waals surface area contributed by atoms with E-state index in [9.17, 15) is 0 Å². The minimum atomic E-state index is 0.770. The lowest BCUT2D eigenvalue weighted by Crippen LogP contribution is -1.99. The fraction of sp³-hybridized carbons (Fsp3) is 0.167. The molecule has 0 aliphatic carbocycles. The van der Waals surface area contributed by atoms with Crippen molar-refractivity contribution in [2.24, 2.45) is 7.05 Å². The number of fused-ring (bicyclic) bond motifs is 2. The van der Waals surface area contributed by atoms with Gasteiger partial charge in [-0.2, -0.15) is 0 Å². The fourth-order valence-corrected chi connectivity index (χ4v) is 2.86. The molecule has 0 unspecified atom stereocenters. The van der Waals surface area contributed by atoms with Gasteiger partial charge in [-0.3, -0.25) is 0 Å². The molecular weight excluding hydrogens is 272 g/mol. The molecule has 0 aliphatic heterocycles. The van der Waals surface area contributed by atoms with Crippen molar-refractivity contribution in [2.45, 2.75) is 13.5 Å². The summed E-state index contributed by atoms with van der Waals surface area (Å²) in [6, 6.07) is 16.8. The monoisotopic (exact) mass is 290 g/mol. The molecular formula is C18H18N4. The molecule has 0 radical (unpaired) electrons. The minimum absolute atomic E-state index is 0.770. The van der Waals surface area contributed by atoms with Crippen molar-refractivity contribution in [3.63, 3.8) is 0 Å². The number of imidazole rings is 1. The summed E-state index contributed by atoms with van der Waals surface area (Å²) in [5.41, 5.74) is 5.63. The predicted octanol–water partition coefficient (Wildman–Crippen LogP) is 3.98. The molecule has 110 valence electrons. The van der Waals surface area contributed by atoms with E-state index in [1.165, 1.54) is 16.6 Å². The summed E-state index contributed by atoms with van der Waals surface area (Å²) in [6.07, 6.45) is 0. The van der Waals surface area contributed by atoms with Crippen LogP contribution in [0.3, 0.4) is 0 Å². The molecule has 0 spiro atoms. The van der Waals surface area contributed by atoms with Crippen LogP contribution >= 0.6 is 0 Å². The van der Waals surface area contributed by atoms with Gasteiger partial charge in [-0.25, -0.2) is 4.98 Å². The molecule has 4 heteroatoms. The zero-order chi connectivity index (χ0) is 15.1. The topological polar surface area (TPSA) is 45.6 Å². The third-order valence-electron chi connectivity index (χ3n) is 4.17. The molecule has 0 saturated heterocycles. The van der Waals surface area contributed by atoms with E-state index >= 15 is 0 Å². The molecule has 0 bridgehead atoms. The van der Waals surface area contributed by atoms with Gasteiger partial charge in [0.2, 0.25) is 0 Å². The normalized spacial score (nSPS) is 11.4. The smallest absolute Gasteiger partial charge is 0.106 e. The second-order valence-corrected chi connectivity index (χ2v) is 5.66. The number of hydrogen-bond acceptors (Lipinski definition) is 2. The van der Waals surface area contributed by atoms with Gasteiger partial charge in [0.1, 0.15) is 5.82 Å². The van der Waals surface area contributed by atoms with Crippen LogP contribution in [0.1, 0.15) is 11.5 Å². The Balaban J connectivity index is 1.58. The number of anilines is 1. The standard InChI is InChI=1S/C18H18N4/c1-12-20-17-10-14(7-8-18(17)22(12)2)19-11-15-9-13-5-3-4-6-16(13)21-15/h3-10,19,21H,11H2,1-2H3. The Morgan fingerprint density at radius 2 is 2.00 bits per heavy atom. The second kappa shape index (κ2) is 4.91. The van der Waals surface area contributed by atoms with Gasteiger partial charge < -0.3 is 14.9 Å². The highest BCUT2D eigenvalue weighted by molar-refractivity contribution is 5.81. The fourth-order valence-electron chi connectivity index (χ4n) is 2.86. The third kappa shape index (κ3) is 2.13.